The van der Waals surface area contributed by atoms with Gasteiger partial charge < -0.3 is 10.6 Å². The molecule has 0 spiro atoms. The maximum Gasteiger partial charge on any atom is 0.239 e. The first kappa shape index (κ1) is 20.8. The maximum absolute atomic E-state index is 4.48. The molecular formula is C17H34N6S. The molecule has 6 nitrogen and oxygen atoms in total. The van der Waals surface area contributed by atoms with Crippen molar-refractivity contribution in [2.45, 2.75) is 85.2 Å². The summed E-state index contributed by atoms with van der Waals surface area (Å²) in [6, 6.07) is 0. The van der Waals surface area contributed by atoms with Gasteiger partial charge in [0, 0.05) is 16.8 Å². The molecule has 0 bridgehead atoms. The maximum atomic E-state index is 4.48. The van der Waals surface area contributed by atoms with Gasteiger partial charge in [0.25, 0.3) is 0 Å². The van der Waals surface area contributed by atoms with E-state index in [1.165, 1.54) is 25.7 Å². The SMILES string of the molecule is CCCCCCSNc1nc(NC(C)(C)C)nc(NC(C)(C)C)n1. The number of nitrogens with zero attached hydrogens (tertiary/aromatic N) is 3. The lowest BCUT2D eigenvalue weighted by Gasteiger charge is -2.23. The summed E-state index contributed by atoms with van der Waals surface area (Å²) in [5, 5.41) is 6.63. The van der Waals surface area contributed by atoms with Crippen LogP contribution in [0, 0.1) is 0 Å². The Morgan fingerprint density at radius 3 is 1.71 bits per heavy atom. The van der Waals surface area contributed by atoms with E-state index in [4.69, 9.17) is 0 Å². The van der Waals surface area contributed by atoms with Gasteiger partial charge in [0.15, 0.2) is 0 Å². The Morgan fingerprint density at radius 2 is 1.25 bits per heavy atom. The van der Waals surface area contributed by atoms with E-state index in [-0.39, 0.29) is 11.1 Å². The largest absolute Gasteiger partial charge is 0.349 e. The van der Waals surface area contributed by atoms with Crippen LogP contribution < -0.4 is 15.4 Å². The van der Waals surface area contributed by atoms with Crippen molar-refractivity contribution in [3.05, 3.63) is 0 Å². The number of nitrogens with one attached hydrogen (secondary N) is 3. The summed E-state index contributed by atoms with van der Waals surface area (Å²) < 4.78 is 3.25. The molecule has 138 valence electrons. The quantitative estimate of drug-likeness (QED) is 0.428. The third-order valence-electron chi connectivity index (χ3n) is 2.87. The summed E-state index contributed by atoms with van der Waals surface area (Å²) in [6.07, 6.45) is 5.04. The summed E-state index contributed by atoms with van der Waals surface area (Å²) in [5.74, 6) is 2.80. The Morgan fingerprint density at radius 1 is 0.750 bits per heavy atom. The second kappa shape index (κ2) is 9.30. The van der Waals surface area contributed by atoms with Gasteiger partial charge in [0.2, 0.25) is 17.8 Å². The van der Waals surface area contributed by atoms with E-state index in [2.05, 4.69) is 78.8 Å². The standard InChI is InChI=1S/C17H34N6S/c1-8-9-10-11-12-24-23-15-19-13(21-16(2,3)4)18-14(20-15)22-17(5,6)7/h8-12H2,1-7H3,(H3,18,19,20,21,22,23). The predicted octanol–water partition coefficient (Wildman–Crippen LogP) is 4.93. The zero-order valence-electron chi connectivity index (χ0n) is 16.3. The van der Waals surface area contributed by atoms with Gasteiger partial charge in [-0.05, 0) is 48.0 Å². The van der Waals surface area contributed by atoms with Crippen molar-refractivity contribution in [2.75, 3.05) is 21.1 Å². The molecule has 0 aliphatic carbocycles. The normalized spacial score (nSPS) is 12.1. The van der Waals surface area contributed by atoms with Gasteiger partial charge in [-0.2, -0.15) is 15.0 Å². The lowest BCUT2D eigenvalue weighted by atomic mass is 10.1. The number of hydrogen-bond donors (Lipinski definition) is 3. The second-order valence-corrected chi connectivity index (χ2v) is 8.97. The number of unbranched alkanes of at least 4 members (excludes halogenated alkanes) is 3. The van der Waals surface area contributed by atoms with Crippen LogP contribution in [0.25, 0.3) is 0 Å². The highest BCUT2D eigenvalue weighted by atomic mass is 32.2. The molecule has 0 radical (unpaired) electrons. The monoisotopic (exact) mass is 354 g/mol. The molecule has 0 atom stereocenters. The Hall–Kier alpha value is -1.24. The van der Waals surface area contributed by atoms with E-state index >= 15 is 0 Å². The van der Waals surface area contributed by atoms with Crippen LogP contribution in [0.1, 0.15) is 74.1 Å². The van der Waals surface area contributed by atoms with Crippen molar-refractivity contribution in [2.24, 2.45) is 0 Å². The minimum absolute atomic E-state index is 0.106. The zero-order valence-corrected chi connectivity index (χ0v) is 17.1. The van der Waals surface area contributed by atoms with Gasteiger partial charge in [0.05, 0.1) is 0 Å². The molecule has 1 rings (SSSR count). The fourth-order valence-electron chi connectivity index (χ4n) is 1.92. The molecule has 0 saturated carbocycles. The van der Waals surface area contributed by atoms with Gasteiger partial charge in [-0.15, -0.1) is 0 Å². The highest BCUT2D eigenvalue weighted by Gasteiger charge is 2.17. The molecule has 0 unspecified atom stereocenters. The van der Waals surface area contributed by atoms with E-state index in [1.807, 2.05) is 0 Å². The van der Waals surface area contributed by atoms with Crippen LogP contribution >= 0.6 is 11.9 Å². The third kappa shape index (κ3) is 9.80. The Labute approximate surface area is 151 Å². The average Bonchev–Trinajstić information content (AvgIpc) is 2.38. The fourth-order valence-corrected chi connectivity index (χ4v) is 2.59. The topological polar surface area (TPSA) is 74.8 Å². The smallest absolute Gasteiger partial charge is 0.239 e. The minimum atomic E-state index is -0.106. The highest BCUT2D eigenvalue weighted by molar-refractivity contribution is 8.00. The van der Waals surface area contributed by atoms with Crippen molar-refractivity contribution in [3.8, 4) is 0 Å². The molecule has 24 heavy (non-hydrogen) atoms. The Kier molecular flexibility index (Phi) is 8.06. The van der Waals surface area contributed by atoms with Crippen LogP contribution in [0.4, 0.5) is 17.8 Å². The Balaban J connectivity index is 2.74. The first-order valence-electron chi connectivity index (χ1n) is 8.79. The van der Waals surface area contributed by atoms with E-state index in [1.54, 1.807) is 11.9 Å². The molecule has 0 fully saturated rings. The molecule has 0 aromatic carbocycles. The predicted molar refractivity (Wildman–Crippen MR) is 107 cm³/mol. The molecule has 0 aliphatic rings. The molecule has 0 aliphatic heterocycles. The molecule has 1 heterocycles. The lowest BCUT2D eigenvalue weighted by Crippen LogP contribution is -2.30. The molecule has 1 aromatic heterocycles. The zero-order chi connectivity index (χ0) is 18.2. The van der Waals surface area contributed by atoms with Crippen molar-refractivity contribution in [1.82, 2.24) is 15.0 Å². The summed E-state index contributed by atoms with van der Waals surface area (Å²) in [6.45, 7) is 14.7. The summed E-state index contributed by atoms with van der Waals surface area (Å²) in [4.78, 5) is 13.4. The molecule has 3 N–H and O–H groups in total. The van der Waals surface area contributed by atoms with Crippen molar-refractivity contribution >= 4 is 29.8 Å². The first-order valence-corrected chi connectivity index (χ1v) is 9.78. The second-order valence-electron chi connectivity index (χ2n) is 8.07. The van der Waals surface area contributed by atoms with Crippen LogP contribution in [-0.2, 0) is 0 Å². The van der Waals surface area contributed by atoms with Crippen molar-refractivity contribution < 1.29 is 0 Å². The van der Waals surface area contributed by atoms with Crippen LogP contribution in [0.5, 0.6) is 0 Å². The number of anilines is 3. The van der Waals surface area contributed by atoms with Gasteiger partial charge in [-0.25, -0.2) is 0 Å². The first-order chi connectivity index (χ1) is 11.1. The van der Waals surface area contributed by atoms with Crippen molar-refractivity contribution in [3.63, 3.8) is 0 Å². The van der Waals surface area contributed by atoms with Crippen LogP contribution in [0.3, 0.4) is 0 Å². The van der Waals surface area contributed by atoms with Gasteiger partial charge in [-0.1, -0.05) is 38.1 Å². The van der Waals surface area contributed by atoms with E-state index in [9.17, 15) is 0 Å². The molecule has 1 aromatic rings. The van der Waals surface area contributed by atoms with E-state index < -0.39 is 0 Å². The van der Waals surface area contributed by atoms with Gasteiger partial charge >= 0.3 is 0 Å². The van der Waals surface area contributed by atoms with Gasteiger partial charge in [-0.3, -0.25) is 4.72 Å². The Bertz CT molecular complexity index is 459. The number of hydrogen-bond acceptors (Lipinski definition) is 7. The van der Waals surface area contributed by atoms with Crippen LogP contribution in [-0.4, -0.2) is 31.8 Å². The molecular weight excluding hydrogens is 320 g/mol. The molecule has 7 heteroatoms. The van der Waals surface area contributed by atoms with Crippen LogP contribution in [0.15, 0.2) is 0 Å². The lowest BCUT2D eigenvalue weighted by molar-refractivity contribution is 0.617. The molecule has 0 saturated heterocycles. The minimum Gasteiger partial charge on any atom is -0.349 e. The highest BCUT2D eigenvalue weighted by Crippen LogP contribution is 2.19. The summed E-state index contributed by atoms with van der Waals surface area (Å²) in [7, 11) is 0. The fraction of sp³-hybridized carbons (Fsp3) is 0.824. The van der Waals surface area contributed by atoms with E-state index in [0.29, 0.717) is 17.8 Å². The number of aromatic nitrogens is 3. The third-order valence-corrected chi connectivity index (χ3v) is 3.69. The average molecular weight is 355 g/mol. The number of rotatable bonds is 9. The summed E-state index contributed by atoms with van der Waals surface area (Å²) >= 11 is 1.65. The van der Waals surface area contributed by atoms with E-state index in [0.717, 1.165) is 5.75 Å². The van der Waals surface area contributed by atoms with Crippen molar-refractivity contribution in [1.29, 1.82) is 0 Å². The summed E-state index contributed by atoms with van der Waals surface area (Å²) in [5.41, 5.74) is -0.212. The van der Waals surface area contributed by atoms with Gasteiger partial charge in [0.1, 0.15) is 0 Å². The molecule has 0 amide bonds. The van der Waals surface area contributed by atoms with Crippen LogP contribution in [0.2, 0.25) is 0 Å².